The van der Waals surface area contributed by atoms with Gasteiger partial charge < -0.3 is 0 Å². The van der Waals surface area contributed by atoms with Crippen molar-refractivity contribution >= 4 is 0 Å². The maximum absolute atomic E-state index is 4.59. The fraction of sp³-hybridized carbons (Fsp3) is 0.286. The van der Waals surface area contributed by atoms with E-state index >= 15 is 0 Å². The third-order valence-corrected chi connectivity index (χ3v) is 3.22. The highest BCUT2D eigenvalue weighted by atomic mass is 15.4. The molecule has 0 amide bonds. The highest BCUT2D eigenvalue weighted by molar-refractivity contribution is 5.53. The number of aryl methyl sites for hydroxylation is 3. The van der Waals surface area contributed by atoms with Crippen LogP contribution < -0.4 is 0 Å². The maximum Gasteiger partial charge on any atom is 0.183 e. The van der Waals surface area contributed by atoms with E-state index in [0.29, 0.717) is 0 Å². The lowest BCUT2D eigenvalue weighted by Gasteiger charge is -2.02. The monoisotopic (exact) mass is 268 g/mol. The van der Waals surface area contributed by atoms with Crippen molar-refractivity contribution in [1.29, 1.82) is 0 Å². The number of pyridine rings is 1. The number of nitrogens with zero attached hydrogens (tertiary/aromatic N) is 6. The van der Waals surface area contributed by atoms with Crippen molar-refractivity contribution in [3.8, 4) is 17.2 Å². The quantitative estimate of drug-likeness (QED) is 0.728. The molecule has 0 spiro atoms. The van der Waals surface area contributed by atoms with Crippen LogP contribution in [0, 0.1) is 6.92 Å². The third-order valence-electron chi connectivity index (χ3n) is 3.22. The molecule has 0 unspecified atom stereocenters. The summed E-state index contributed by atoms with van der Waals surface area (Å²) in [6.45, 7) is 4.06. The summed E-state index contributed by atoms with van der Waals surface area (Å²) in [7, 11) is 1.92. The van der Waals surface area contributed by atoms with E-state index in [4.69, 9.17) is 0 Å². The van der Waals surface area contributed by atoms with Gasteiger partial charge in [0, 0.05) is 31.6 Å². The number of hydrogen-bond donors (Lipinski definition) is 0. The molecule has 6 nitrogen and oxygen atoms in total. The second-order valence-electron chi connectivity index (χ2n) is 4.62. The fourth-order valence-corrected chi connectivity index (χ4v) is 2.01. The molecule has 0 saturated carbocycles. The molecule has 6 heteroatoms. The van der Waals surface area contributed by atoms with Crippen LogP contribution in [0.3, 0.4) is 0 Å². The second-order valence-corrected chi connectivity index (χ2v) is 4.62. The summed E-state index contributed by atoms with van der Waals surface area (Å²) in [5.41, 5.74) is 2.85. The molecule has 3 heterocycles. The molecular weight excluding hydrogens is 252 g/mol. The van der Waals surface area contributed by atoms with Crippen molar-refractivity contribution in [2.75, 3.05) is 0 Å². The Balaban J connectivity index is 2.17. The molecule has 0 N–H and O–H groups in total. The van der Waals surface area contributed by atoms with Gasteiger partial charge in [-0.1, -0.05) is 6.92 Å². The lowest BCUT2D eigenvalue weighted by atomic mass is 10.3. The minimum absolute atomic E-state index is 0.761. The average Bonchev–Trinajstić information content (AvgIpc) is 3.04. The van der Waals surface area contributed by atoms with Crippen LogP contribution in [0.2, 0.25) is 0 Å². The Labute approximate surface area is 117 Å². The van der Waals surface area contributed by atoms with Crippen LogP contribution in [0.1, 0.15) is 18.4 Å². The minimum Gasteiger partial charge on any atom is -0.272 e. The van der Waals surface area contributed by atoms with E-state index in [1.165, 1.54) is 0 Å². The molecule has 20 heavy (non-hydrogen) atoms. The van der Waals surface area contributed by atoms with E-state index in [-0.39, 0.29) is 0 Å². The Morgan fingerprint density at radius 3 is 2.50 bits per heavy atom. The van der Waals surface area contributed by atoms with Crippen LogP contribution in [0.4, 0.5) is 0 Å². The molecule has 102 valence electrons. The molecule has 0 aliphatic heterocycles. The Morgan fingerprint density at radius 1 is 1.15 bits per heavy atom. The lowest BCUT2D eigenvalue weighted by Crippen LogP contribution is -2.01. The molecule has 0 aliphatic carbocycles. The van der Waals surface area contributed by atoms with Gasteiger partial charge in [0.1, 0.15) is 5.69 Å². The largest absolute Gasteiger partial charge is 0.272 e. The van der Waals surface area contributed by atoms with Crippen molar-refractivity contribution in [2.24, 2.45) is 7.05 Å². The second kappa shape index (κ2) is 4.88. The molecule has 3 aromatic heterocycles. The van der Waals surface area contributed by atoms with E-state index in [2.05, 4.69) is 20.2 Å². The SMILES string of the molecule is CCc1nc(-c2cc(C)n(C)n2)n(-c2ccncc2)n1. The van der Waals surface area contributed by atoms with Crippen molar-refractivity contribution < 1.29 is 0 Å². The Bertz CT molecular complexity index is 706. The number of rotatable bonds is 3. The topological polar surface area (TPSA) is 61.4 Å². The van der Waals surface area contributed by atoms with Crippen LogP contribution in [0.15, 0.2) is 30.6 Å². The van der Waals surface area contributed by atoms with Gasteiger partial charge in [-0.05, 0) is 25.1 Å². The third kappa shape index (κ3) is 2.09. The highest BCUT2D eigenvalue weighted by Gasteiger charge is 2.15. The standard InChI is InChI=1S/C14H16N6/c1-4-13-16-14(12-9-10(2)19(3)17-12)20(18-13)11-5-7-15-8-6-11/h5-9H,4H2,1-3H3. The van der Waals surface area contributed by atoms with Gasteiger partial charge in [-0.25, -0.2) is 9.67 Å². The lowest BCUT2D eigenvalue weighted by molar-refractivity contribution is 0.739. The number of aromatic nitrogens is 6. The van der Waals surface area contributed by atoms with Crippen molar-refractivity contribution in [3.63, 3.8) is 0 Å². The van der Waals surface area contributed by atoms with E-state index in [0.717, 1.165) is 35.1 Å². The Hall–Kier alpha value is -2.50. The van der Waals surface area contributed by atoms with E-state index in [1.54, 1.807) is 12.4 Å². The molecular formula is C14H16N6. The molecule has 3 rings (SSSR count). The van der Waals surface area contributed by atoms with Gasteiger partial charge in [-0.3, -0.25) is 9.67 Å². The first kappa shape index (κ1) is 12.5. The van der Waals surface area contributed by atoms with Crippen molar-refractivity contribution in [2.45, 2.75) is 20.3 Å². The maximum atomic E-state index is 4.59. The van der Waals surface area contributed by atoms with Gasteiger partial charge >= 0.3 is 0 Å². The van der Waals surface area contributed by atoms with Crippen LogP contribution in [0.25, 0.3) is 17.2 Å². The summed E-state index contributed by atoms with van der Waals surface area (Å²) in [4.78, 5) is 8.62. The van der Waals surface area contributed by atoms with Gasteiger partial charge in [-0.2, -0.15) is 10.2 Å². The van der Waals surface area contributed by atoms with Gasteiger partial charge in [0.15, 0.2) is 11.6 Å². The predicted molar refractivity (Wildman–Crippen MR) is 75.5 cm³/mol. The first-order chi connectivity index (χ1) is 9.69. The first-order valence-corrected chi connectivity index (χ1v) is 6.56. The van der Waals surface area contributed by atoms with Crippen molar-refractivity contribution in [3.05, 3.63) is 42.1 Å². The summed E-state index contributed by atoms with van der Waals surface area (Å²) >= 11 is 0. The van der Waals surface area contributed by atoms with Gasteiger partial charge in [0.25, 0.3) is 0 Å². The molecule has 0 aromatic carbocycles. The molecule has 0 saturated heterocycles. The fourth-order valence-electron chi connectivity index (χ4n) is 2.01. The van der Waals surface area contributed by atoms with Crippen LogP contribution >= 0.6 is 0 Å². The molecule has 0 bridgehead atoms. The summed E-state index contributed by atoms with van der Waals surface area (Å²) in [6.07, 6.45) is 4.28. The van der Waals surface area contributed by atoms with Gasteiger partial charge in [-0.15, -0.1) is 0 Å². The smallest absolute Gasteiger partial charge is 0.183 e. The minimum atomic E-state index is 0.761. The molecule has 0 atom stereocenters. The van der Waals surface area contributed by atoms with Crippen LogP contribution in [-0.4, -0.2) is 29.5 Å². The summed E-state index contributed by atoms with van der Waals surface area (Å²) in [5.74, 6) is 1.57. The summed E-state index contributed by atoms with van der Waals surface area (Å²) < 4.78 is 3.66. The Morgan fingerprint density at radius 2 is 1.90 bits per heavy atom. The van der Waals surface area contributed by atoms with E-state index in [9.17, 15) is 0 Å². The van der Waals surface area contributed by atoms with Crippen LogP contribution in [-0.2, 0) is 13.5 Å². The normalized spacial score (nSPS) is 10.9. The molecule has 3 aromatic rings. The average molecular weight is 268 g/mol. The summed E-state index contributed by atoms with van der Waals surface area (Å²) in [6, 6.07) is 5.84. The van der Waals surface area contributed by atoms with E-state index < -0.39 is 0 Å². The zero-order chi connectivity index (χ0) is 14.1. The van der Waals surface area contributed by atoms with Crippen LogP contribution in [0.5, 0.6) is 0 Å². The molecule has 0 aliphatic rings. The molecule has 0 radical (unpaired) electrons. The van der Waals surface area contributed by atoms with E-state index in [1.807, 2.05) is 48.5 Å². The first-order valence-electron chi connectivity index (χ1n) is 6.56. The number of hydrogen-bond acceptors (Lipinski definition) is 4. The van der Waals surface area contributed by atoms with Gasteiger partial charge in [0.05, 0.1) is 5.69 Å². The zero-order valence-corrected chi connectivity index (χ0v) is 11.8. The van der Waals surface area contributed by atoms with Crippen molar-refractivity contribution in [1.82, 2.24) is 29.5 Å². The molecule has 0 fully saturated rings. The zero-order valence-electron chi connectivity index (χ0n) is 11.8. The van der Waals surface area contributed by atoms with Gasteiger partial charge in [0.2, 0.25) is 0 Å². The highest BCUT2D eigenvalue weighted by Crippen LogP contribution is 2.20. The Kier molecular flexibility index (Phi) is 3.06. The predicted octanol–water partition coefficient (Wildman–Crippen LogP) is 1.93. The summed E-state index contributed by atoms with van der Waals surface area (Å²) in [5, 5.41) is 9.03.